The van der Waals surface area contributed by atoms with Gasteiger partial charge in [-0.25, -0.2) is 12.7 Å². The normalized spacial score (nSPS) is 19.9. The Labute approximate surface area is 127 Å². The minimum Gasteiger partial charge on any atom is -0.212 e. The SMILES string of the molecule is CC(Cl)C1CCN(S(=O)(=O)CCc2ccccc2)CC1. The number of sulfonamides is 1. The van der Waals surface area contributed by atoms with Gasteiger partial charge in [0, 0.05) is 18.5 Å². The summed E-state index contributed by atoms with van der Waals surface area (Å²) in [5, 5.41) is 0.129. The van der Waals surface area contributed by atoms with Crippen molar-refractivity contribution in [2.45, 2.75) is 31.6 Å². The molecule has 0 aromatic heterocycles. The maximum atomic E-state index is 12.3. The molecule has 0 N–H and O–H groups in total. The van der Waals surface area contributed by atoms with Crippen LogP contribution in [0.5, 0.6) is 0 Å². The molecule has 1 aliphatic rings. The van der Waals surface area contributed by atoms with Crippen molar-refractivity contribution in [2.75, 3.05) is 18.8 Å². The molecule has 3 nitrogen and oxygen atoms in total. The molecular formula is C15H22ClNO2S. The standard InChI is InChI=1S/C15H22ClNO2S/c1-13(16)15-7-10-17(11-8-15)20(18,19)12-9-14-5-3-2-4-6-14/h2-6,13,15H,7-12H2,1H3. The van der Waals surface area contributed by atoms with Gasteiger partial charge in [0.1, 0.15) is 0 Å². The third-order valence-electron chi connectivity index (χ3n) is 4.03. The second kappa shape index (κ2) is 6.92. The lowest BCUT2D eigenvalue weighted by Crippen LogP contribution is -2.41. The van der Waals surface area contributed by atoms with Gasteiger partial charge in [0.15, 0.2) is 0 Å². The molecule has 0 bridgehead atoms. The van der Waals surface area contributed by atoms with Crippen LogP contribution in [0.25, 0.3) is 0 Å². The zero-order valence-electron chi connectivity index (χ0n) is 11.8. The molecule has 1 saturated heterocycles. The highest BCUT2D eigenvalue weighted by molar-refractivity contribution is 7.89. The molecule has 20 heavy (non-hydrogen) atoms. The molecule has 112 valence electrons. The number of rotatable bonds is 5. The Morgan fingerprint density at radius 1 is 1.25 bits per heavy atom. The number of benzene rings is 1. The van der Waals surface area contributed by atoms with Gasteiger partial charge in [-0.2, -0.15) is 0 Å². The Kier molecular flexibility index (Phi) is 5.47. The highest BCUT2D eigenvalue weighted by Crippen LogP contribution is 2.25. The molecule has 5 heteroatoms. The van der Waals surface area contributed by atoms with Crippen LogP contribution in [0.15, 0.2) is 30.3 Å². The molecule has 2 rings (SSSR count). The van der Waals surface area contributed by atoms with Crippen LogP contribution in [0.4, 0.5) is 0 Å². The molecule has 1 aliphatic heterocycles. The summed E-state index contributed by atoms with van der Waals surface area (Å²) >= 11 is 6.09. The lowest BCUT2D eigenvalue weighted by atomic mass is 9.95. The summed E-state index contributed by atoms with van der Waals surface area (Å²) < 4.78 is 26.3. The monoisotopic (exact) mass is 315 g/mol. The fraction of sp³-hybridized carbons (Fsp3) is 0.600. The molecule has 0 aliphatic carbocycles. The van der Waals surface area contributed by atoms with E-state index in [2.05, 4.69) is 0 Å². The molecule has 1 heterocycles. The maximum absolute atomic E-state index is 12.3. The zero-order valence-corrected chi connectivity index (χ0v) is 13.4. The van der Waals surface area contributed by atoms with Crippen LogP contribution in [0.2, 0.25) is 0 Å². The third kappa shape index (κ3) is 4.21. The van der Waals surface area contributed by atoms with Crippen molar-refractivity contribution in [3.05, 3.63) is 35.9 Å². The second-order valence-electron chi connectivity index (χ2n) is 5.47. The number of hydrogen-bond donors (Lipinski definition) is 0. The fourth-order valence-corrected chi connectivity index (χ4v) is 4.40. The van der Waals surface area contributed by atoms with Crippen molar-refractivity contribution in [2.24, 2.45) is 5.92 Å². The largest absolute Gasteiger partial charge is 0.214 e. The van der Waals surface area contributed by atoms with Crippen molar-refractivity contribution >= 4 is 21.6 Å². The number of halogens is 1. The molecule has 0 spiro atoms. The van der Waals surface area contributed by atoms with E-state index in [1.54, 1.807) is 4.31 Å². The van der Waals surface area contributed by atoms with Crippen molar-refractivity contribution in [3.8, 4) is 0 Å². The summed E-state index contributed by atoms with van der Waals surface area (Å²) in [7, 11) is -3.14. The second-order valence-corrected chi connectivity index (χ2v) is 8.24. The third-order valence-corrected chi connectivity index (χ3v) is 6.26. The average Bonchev–Trinajstić information content (AvgIpc) is 2.46. The minimum absolute atomic E-state index is 0.129. The number of aryl methyl sites for hydroxylation is 1. The van der Waals surface area contributed by atoms with E-state index in [-0.39, 0.29) is 11.1 Å². The summed E-state index contributed by atoms with van der Waals surface area (Å²) in [5.74, 6) is 0.634. The quantitative estimate of drug-likeness (QED) is 0.784. The van der Waals surface area contributed by atoms with E-state index in [0.29, 0.717) is 25.4 Å². The first-order valence-electron chi connectivity index (χ1n) is 7.15. The van der Waals surface area contributed by atoms with Gasteiger partial charge >= 0.3 is 0 Å². The van der Waals surface area contributed by atoms with E-state index >= 15 is 0 Å². The Balaban J connectivity index is 1.88. The summed E-state index contributed by atoms with van der Waals surface area (Å²) in [5.41, 5.74) is 1.07. The Morgan fingerprint density at radius 3 is 2.40 bits per heavy atom. The number of piperidine rings is 1. The number of alkyl halides is 1. The van der Waals surface area contributed by atoms with Gasteiger partial charge < -0.3 is 0 Å². The van der Waals surface area contributed by atoms with E-state index < -0.39 is 10.0 Å². The van der Waals surface area contributed by atoms with Crippen molar-refractivity contribution in [3.63, 3.8) is 0 Å². The van der Waals surface area contributed by atoms with Crippen LogP contribution >= 0.6 is 11.6 Å². The fourth-order valence-electron chi connectivity index (χ4n) is 2.63. The lowest BCUT2D eigenvalue weighted by Gasteiger charge is -2.32. The Bertz CT molecular complexity index is 508. The predicted octanol–water partition coefficient (Wildman–Crippen LogP) is 2.90. The van der Waals surface area contributed by atoms with Gasteiger partial charge in [0.05, 0.1) is 5.75 Å². The highest BCUT2D eigenvalue weighted by Gasteiger charge is 2.29. The van der Waals surface area contributed by atoms with E-state index in [4.69, 9.17) is 11.6 Å². The van der Waals surface area contributed by atoms with Crippen LogP contribution in [-0.4, -0.2) is 36.9 Å². The first-order valence-corrected chi connectivity index (χ1v) is 9.19. The topological polar surface area (TPSA) is 37.4 Å². The maximum Gasteiger partial charge on any atom is 0.214 e. The summed E-state index contributed by atoms with van der Waals surface area (Å²) in [4.78, 5) is 0. The molecule has 0 radical (unpaired) electrons. The van der Waals surface area contributed by atoms with Gasteiger partial charge in [-0.1, -0.05) is 30.3 Å². The van der Waals surface area contributed by atoms with Crippen LogP contribution in [0.1, 0.15) is 25.3 Å². The summed E-state index contributed by atoms with van der Waals surface area (Å²) in [6.45, 7) is 3.21. The molecule has 0 amide bonds. The van der Waals surface area contributed by atoms with Gasteiger partial charge in [-0.15, -0.1) is 11.6 Å². The zero-order chi connectivity index (χ0) is 14.6. The van der Waals surface area contributed by atoms with Crippen molar-refractivity contribution in [1.82, 2.24) is 4.31 Å². The minimum atomic E-state index is -3.14. The lowest BCUT2D eigenvalue weighted by molar-refractivity contribution is 0.271. The van der Waals surface area contributed by atoms with E-state index in [1.165, 1.54) is 0 Å². The smallest absolute Gasteiger partial charge is 0.212 e. The summed E-state index contributed by atoms with van der Waals surface area (Å²) in [6, 6.07) is 9.76. The first-order chi connectivity index (χ1) is 9.49. The number of nitrogens with zero attached hydrogens (tertiary/aromatic N) is 1. The molecule has 1 aromatic carbocycles. The van der Waals surface area contributed by atoms with Crippen LogP contribution in [0.3, 0.4) is 0 Å². The molecule has 1 fully saturated rings. The van der Waals surface area contributed by atoms with Gasteiger partial charge in [0.2, 0.25) is 10.0 Å². The molecule has 1 aromatic rings. The predicted molar refractivity (Wildman–Crippen MR) is 83.5 cm³/mol. The van der Waals surface area contributed by atoms with Gasteiger partial charge in [-0.3, -0.25) is 0 Å². The molecular weight excluding hydrogens is 294 g/mol. The number of hydrogen-bond acceptors (Lipinski definition) is 2. The van der Waals surface area contributed by atoms with Crippen LogP contribution in [0, 0.1) is 5.92 Å². The Morgan fingerprint density at radius 2 is 1.85 bits per heavy atom. The van der Waals surface area contributed by atoms with Crippen molar-refractivity contribution < 1.29 is 8.42 Å². The molecule has 1 atom stereocenters. The van der Waals surface area contributed by atoms with Gasteiger partial charge in [0.25, 0.3) is 0 Å². The average molecular weight is 316 g/mol. The van der Waals surface area contributed by atoms with Crippen LogP contribution < -0.4 is 0 Å². The first kappa shape index (κ1) is 15.8. The molecule has 1 unspecified atom stereocenters. The highest BCUT2D eigenvalue weighted by atomic mass is 35.5. The van der Waals surface area contributed by atoms with E-state index in [1.807, 2.05) is 37.3 Å². The summed E-state index contributed by atoms with van der Waals surface area (Å²) in [6.07, 6.45) is 2.32. The van der Waals surface area contributed by atoms with Gasteiger partial charge in [-0.05, 0) is 37.7 Å². The Hall–Kier alpha value is -0.580. The van der Waals surface area contributed by atoms with E-state index in [0.717, 1.165) is 18.4 Å². The van der Waals surface area contributed by atoms with E-state index in [9.17, 15) is 8.42 Å². The van der Waals surface area contributed by atoms with Crippen LogP contribution in [-0.2, 0) is 16.4 Å². The molecule has 0 saturated carbocycles. The van der Waals surface area contributed by atoms with Crippen molar-refractivity contribution in [1.29, 1.82) is 0 Å².